The number of nitrogens with one attached hydrogen (secondary N) is 2. The Labute approximate surface area is 249 Å². The van der Waals surface area contributed by atoms with Gasteiger partial charge in [0.25, 0.3) is 5.91 Å². The number of rotatable bonds is 7. The molecule has 0 saturated heterocycles. The number of hydrogen-bond donors (Lipinski definition) is 3. The van der Waals surface area contributed by atoms with Crippen molar-refractivity contribution in [3.05, 3.63) is 98.9 Å². The number of phenolic OH excluding ortho intramolecular Hbond substituents is 1. The summed E-state index contributed by atoms with van der Waals surface area (Å²) in [6.45, 7) is 3.80. The molecule has 0 saturated carbocycles. The molecular weight excluding hydrogens is 556 g/mol. The summed E-state index contributed by atoms with van der Waals surface area (Å²) in [6.07, 6.45) is 0.779. The van der Waals surface area contributed by atoms with E-state index in [4.69, 9.17) is 25.8 Å². The Morgan fingerprint density at radius 2 is 1.57 bits per heavy atom. The molecule has 2 atom stereocenters. The van der Waals surface area contributed by atoms with Crippen molar-refractivity contribution in [2.24, 2.45) is 0 Å². The van der Waals surface area contributed by atoms with Crippen LogP contribution in [0.5, 0.6) is 23.0 Å². The molecule has 218 valence electrons. The van der Waals surface area contributed by atoms with Crippen molar-refractivity contribution in [1.29, 1.82) is 0 Å². The van der Waals surface area contributed by atoms with Crippen LogP contribution in [0.25, 0.3) is 0 Å². The summed E-state index contributed by atoms with van der Waals surface area (Å²) < 4.78 is 16.3. The molecule has 0 spiro atoms. The number of carbonyl (C=O) groups is 2. The number of allylic oxidation sites excluding steroid dienone is 3. The summed E-state index contributed by atoms with van der Waals surface area (Å²) >= 11 is 6.41. The lowest BCUT2D eigenvalue weighted by molar-refractivity contribution is -0.116. The van der Waals surface area contributed by atoms with E-state index in [-0.39, 0.29) is 40.6 Å². The van der Waals surface area contributed by atoms with E-state index in [1.54, 1.807) is 26.4 Å². The lowest BCUT2D eigenvalue weighted by Crippen LogP contribution is -2.37. The molecule has 3 N–H and O–H groups in total. The van der Waals surface area contributed by atoms with Crippen LogP contribution in [0.4, 0.5) is 5.69 Å². The Morgan fingerprint density at radius 3 is 2.24 bits per heavy atom. The molecular formula is C33H33ClN2O6. The number of aromatic hydroxyl groups is 1. The van der Waals surface area contributed by atoms with Crippen LogP contribution in [-0.4, -0.2) is 38.1 Å². The highest BCUT2D eigenvalue weighted by atomic mass is 35.5. The Bertz CT molecular complexity index is 1630. The van der Waals surface area contributed by atoms with Gasteiger partial charge in [-0.1, -0.05) is 35.4 Å². The third-order valence-electron chi connectivity index (χ3n) is 7.86. The quantitative estimate of drug-likeness (QED) is 0.294. The number of carbonyl (C=O) groups excluding carboxylic acids is 2. The van der Waals surface area contributed by atoms with Crippen molar-refractivity contribution in [2.45, 2.75) is 38.5 Å². The second-order valence-electron chi connectivity index (χ2n) is 10.5. The molecule has 9 heteroatoms. The molecule has 42 heavy (non-hydrogen) atoms. The Balaban J connectivity index is 1.59. The molecule has 0 fully saturated rings. The molecule has 0 bridgehead atoms. The second kappa shape index (κ2) is 11.8. The lowest BCUT2D eigenvalue weighted by Gasteiger charge is -2.37. The van der Waals surface area contributed by atoms with E-state index >= 15 is 0 Å². The van der Waals surface area contributed by atoms with Crippen LogP contribution in [0.1, 0.15) is 48.3 Å². The number of phenols is 1. The van der Waals surface area contributed by atoms with Crippen LogP contribution in [-0.2, 0) is 9.59 Å². The number of aryl methyl sites for hydroxylation is 1. The van der Waals surface area contributed by atoms with Crippen molar-refractivity contribution in [3.8, 4) is 23.0 Å². The number of methoxy groups -OCH3 is 3. The Kier molecular flexibility index (Phi) is 8.18. The molecule has 5 rings (SSSR count). The monoisotopic (exact) mass is 588 g/mol. The first-order chi connectivity index (χ1) is 20.1. The molecule has 3 aromatic rings. The van der Waals surface area contributed by atoms with E-state index < -0.39 is 5.92 Å². The molecule has 2 aliphatic rings. The summed E-state index contributed by atoms with van der Waals surface area (Å²) in [4.78, 5) is 27.9. The summed E-state index contributed by atoms with van der Waals surface area (Å²) in [5.41, 5.74) is 5.45. The first-order valence-electron chi connectivity index (χ1n) is 13.6. The van der Waals surface area contributed by atoms with E-state index in [0.29, 0.717) is 46.0 Å². The van der Waals surface area contributed by atoms with E-state index in [1.165, 1.54) is 7.11 Å². The van der Waals surface area contributed by atoms with Gasteiger partial charge >= 0.3 is 0 Å². The minimum Gasteiger partial charge on any atom is -0.503 e. The normalized spacial score (nSPS) is 18.3. The van der Waals surface area contributed by atoms with Gasteiger partial charge in [-0.3, -0.25) is 9.59 Å². The van der Waals surface area contributed by atoms with E-state index in [9.17, 15) is 14.7 Å². The van der Waals surface area contributed by atoms with Crippen molar-refractivity contribution in [1.82, 2.24) is 5.32 Å². The van der Waals surface area contributed by atoms with Gasteiger partial charge in [0.05, 0.1) is 26.4 Å². The maximum absolute atomic E-state index is 14.0. The number of ketones is 1. The number of dihydropyridines is 1. The number of halogens is 1. The van der Waals surface area contributed by atoms with Crippen molar-refractivity contribution in [3.63, 3.8) is 0 Å². The van der Waals surface area contributed by atoms with Gasteiger partial charge in [0, 0.05) is 40.6 Å². The number of ether oxygens (including phenoxy) is 3. The van der Waals surface area contributed by atoms with Gasteiger partial charge in [-0.2, -0.15) is 0 Å². The maximum atomic E-state index is 14.0. The molecule has 0 unspecified atom stereocenters. The predicted molar refractivity (Wildman–Crippen MR) is 162 cm³/mol. The maximum Gasteiger partial charge on any atom is 0.254 e. The fourth-order valence-electron chi connectivity index (χ4n) is 5.77. The van der Waals surface area contributed by atoms with Crippen LogP contribution < -0.4 is 24.8 Å². The molecule has 1 heterocycles. The average Bonchev–Trinajstić information content (AvgIpc) is 2.98. The highest BCUT2D eigenvalue weighted by Gasteiger charge is 2.41. The zero-order valence-electron chi connectivity index (χ0n) is 24.1. The highest BCUT2D eigenvalue weighted by Crippen LogP contribution is 2.48. The van der Waals surface area contributed by atoms with E-state index in [0.717, 1.165) is 16.8 Å². The third-order valence-corrected chi connectivity index (χ3v) is 8.15. The summed E-state index contributed by atoms with van der Waals surface area (Å²) in [5, 5.41) is 16.9. The summed E-state index contributed by atoms with van der Waals surface area (Å²) in [5.74, 6) is -0.144. The van der Waals surface area contributed by atoms with Crippen LogP contribution in [0.3, 0.4) is 0 Å². The molecule has 3 aromatic carbocycles. The topological polar surface area (TPSA) is 106 Å². The smallest absolute Gasteiger partial charge is 0.254 e. The molecule has 1 amide bonds. The van der Waals surface area contributed by atoms with Gasteiger partial charge in [-0.25, -0.2) is 0 Å². The number of anilines is 1. The van der Waals surface area contributed by atoms with Crippen molar-refractivity contribution in [2.75, 3.05) is 26.6 Å². The Hall–Kier alpha value is -4.43. The standard InChI is InChI=1S/C33H33ClN2O6/c1-17-6-9-22(10-7-17)36-33(39)29-18(2)35-24-13-20(19-8-11-26(40-3)27(15-19)41-4)14-25(37)31(24)30(29)21-12-23(34)32(38)28(16-21)42-5/h6-12,15-16,20,30,35,38H,13-14H2,1-5H3,(H,36,39)/t20-,30+/m0/s1. The number of amides is 1. The average molecular weight is 589 g/mol. The van der Waals surface area contributed by atoms with Gasteiger partial charge < -0.3 is 30.0 Å². The van der Waals surface area contributed by atoms with Crippen LogP contribution in [0.2, 0.25) is 5.02 Å². The van der Waals surface area contributed by atoms with Crippen LogP contribution in [0, 0.1) is 6.92 Å². The fourth-order valence-corrected chi connectivity index (χ4v) is 5.99. The van der Waals surface area contributed by atoms with Gasteiger partial charge in [0.1, 0.15) is 0 Å². The second-order valence-corrected chi connectivity index (χ2v) is 10.9. The summed E-state index contributed by atoms with van der Waals surface area (Å²) in [7, 11) is 4.58. The third kappa shape index (κ3) is 5.42. The Morgan fingerprint density at radius 1 is 0.905 bits per heavy atom. The summed E-state index contributed by atoms with van der Waals surface area (Å²) in [6, 6.07) is 16.4. The zero-order valence-corrected chi connectivity index (χ0v) is 24.9. The van der Waals surface area contributed by atoms with Gasteiger partial charge in [-0.05, 0) is 73.7 Å². The largest absolute Gasteiger partial charge is 0.503 e. The number of hydrogen-bond acceptors (Lipinski definition) is 7. The van der Waals surface area contributed by atoms with Gasteiger partial charge in [0.2, 0.25) is 0 Å². The highest BCUT2D eigenvalue weighted by molar-refractivity contribution is 6.32. The SMILES string of the molecule is COc1ccc([C@@H]2CC(=O)C3=C(C2)NC(C)=C(C(=O)Nc2ccc(C)cc2)[C@H]3c2cc(Cl)c(O)c(OC)c2)cc1OC. The molecule has 1 aliphatic carbocycles. The van der Waals surface area contributed by atoms with Crippen LogP contribution in [0.15, 0.2) is 77.1 Å². The molecule has 1 aliphatic heterocycles. The van der Waals surface area contributed by atoms with Crippen molar-refractivity contribution < 1.29 is 28.9 Å². The van der Waals surface area contributed by atoms with Crippen molar-refractivity contribution >= 4 is 29.0 Å². The zero-order chi connectivity index (χ0) is 30.1. The first kappa shape index (κ1) is 29.1. The number of Topliss-reactive ketones (excluding diaryl/α,β-unsaturated/α-hetero) is 1. The molecule has 8 nitrogen and oxygen atoms in total. The van der Waals surface area contributed by atoms with E-state index in [1.807, 2.05) is 56.3 Å². The van der Waals surface area contributed by atoms with Gasteiger partial charge in [-0.15, -0.1) is 0 Å². The van der Waals surface area contributed by atoms with E-state index in [2.05, 4.69) is 10.6 Å². The lowest BCUT2D eigenvalue weighted by atomic mass is 9.71. The minimum atomic E-state index is -0.738. The minimum absolute atomic E-state index is 0.0624. The van der Waals surface area contributed by atoms with Gasteiger partial charge in [0.15, 0.2) is 28.8 Å². The fraction of sp³-hybridized carbons (Fsp3) is 0.273. The molecule has 0 aromatic heterocycles. The van der Waals surface area contributed by atoms with Crippen LogP contribution >= 0.6 is 11.6 Å². The first-order valence-corrected chi connectivity index (χ1v) is 13.9. The predicted octanol–water partition coefficient (Wildman–Crippen LogP) is 6.38. The number of benzene rings is 3. The molecule has 0 radical (unpaired) electrons.